The number of halogens is 2. The SMILES string of the molecule is CCOc1ccc(NC(=O)c2ccc(F)cc2Br)cc1S(=O)(=O)N(C)C. The summed E-state index contributed by atoms with van der Waals surface area (Å²) < 4.78 is 44.9. The lowest BCUT2D eigenvalue weighted by atomic mass is 10.2. The topological polar surface area (TPSA) is 75.7 Å². The highest BCUT2D eigenvalue weighted by atomic mass is 79.9. The van der Waals surface area contributed by atoms with E-state index in [1.165, 1.54) is 50.5 Å². The Hall–Kier alpha value is -1.97. The van der Waals surface area contributed by atoms with Crippen LogP contribution in [-0.2, 0) is 10.0 Å². The molecule has 1 amide bonds. The molecule has 0 bridgehead atoms. The summed E-state index contributed by atoms with van der Waals surface area (Å²) >= 11 is 3.14. The van der Waals surface area contributed by atoms with E-state index in [0.29, 0.717) is 11.1 Å². The van der Waals surface area contributed by atoms with Gasteiger partial charge in [-0.2, -0.15) is 0 Å². The van der Waals surface area contributed by atoms with Gasteiger partial charge in [0.1, 0.15) is 16.5 Å². The second-order valence-electron chi connectivity index (χ2n) is 5.46. The molecule has 0 radical (unpaired) electrons. The maximum absolute atomic E-state index is 13.2. The number of ether oxygens (including phenoxy) is 1. The van der Waals surface area contributed by atoms with Gasteiger partial charge in [-0.05, 0) is 59.3 Å². The van der Waals surface area contributed by atoms with Gasteiger partial charge in [0.15, 0.2) is 0 Å². The zero-order valence-corrected chi connectivity index (χ0v) is 16.8. The van der Waals surface area contributed by atoms with Crippen LogP contribution < -0.4 is 10.1 Å². The number of amides is 1. The molecule has 0 aromatic heterocycles. The Morgan fingerprint density at radius 3 is 2.50 bits per heavy atom. The van der Waals surface area contributed by atoms with Crippen LogP contribution in [0, 0.1) is 5.82 Å². The van der Waals surface area contributed by atoms with Gasteiger partial charge in [-0.1, -0.05) is 0 Å². The Labute approximate surface area is 160 Å². The smallest absolute Gasteiger partial charge is 0.256 e. The summed E-state index contributed by atoms with van der Waals surface area (Å²) in [5, 5.41) is 2.61. The largest absolute Gasteiger partial charge is 0.492 e. The average molecular weight is 445 g/mol. The van der Waals surface area contributed by atoms with Crippen molar-refractivity contribution in [3.8, 4) is 5.75 Å². The number of carbonyl (C=O) groups is 1. The van der Waals surface area contributed by atoms with Crippen LogP contribution in [0.2, 0.25) is 0 Å². The van der Waals surface area contributed by atoms with Gasteiger partial charge >= 0.3 is 0 Å². The van der Waals surface area contributed by atoms with Crippen molar-refractivity contribution in [2.24, 2.45) is 0 Å². The lowest BCUT2D eigenvalue weighted by Crippen LogP contribution is -2.23. The second-order valence-corrected chi connectivity index (χ2v) is 8.43. The fraction of sp³-hybridized carbons (Fsp3) is 0.235. The number of anilines is 1. The number of carbonyl (C=O) groups excluding carboxylic acids is 1. The Bertz CT molecular complexity index is 932. The standard InChI is InChI=1S/C17H18BrFN2O4S/c1-4-25-15-8-6-12(10-16(15)26(23,24)21(2)3)20-17(22)13-7-5-11(19)9-14(13)18/h5-10H,4H2,1-3H3,(H,20,22). The van der Waals surface area contributed by atoms with Crippen LogP contribution in [0.3, 0.4) is 0 Å². The van der Waals surface area contributed by atoms with Gasteiger partial charge in [0, 0.05) is 24.3 Å². The van der Waals surface area contributed by atoms with E-state index in [0.717, 1.165) is 4.31 Å². The maximum Gasteiger partial charge on any atom is 0.256 e. The predicted molar refractivity (Wildman–Crippen MR) is 101 cm³/mol. The van der Waals surface area contributed by atoms with Crippen molar-refractivity contribution in [1.82, 2.24) is 4.31 Å². The Morgan fingerprint density at radius 2 is 1.92 bits per heavy atom. The van der Waals surface area contributed by atoms with E-state index in [4.69, 9.17) is 4.74 Å². The number of nitrogens with zero attached hydrogens (tertiary/aromatic N) is 1. The molecule has 1 N–H and O–H groups in total. The summed E-state index contributed by atoms with van der Waals surface area (Å²) in [6, 6.07) is 8.02. The summed E-state index contributed by atoms with van der Waals surface area (Å²) in [5.74, 6) is -0.787. The Morgan fingerprint density at radius 1 is 1.23 bits per heavy atom. The van der Waals surface area contributed by atoms with Gasteiger partial charge in [-0.25, -0.2) is 17.1 Å². The molecule has 0 saturated carbocycles. The van der Waals surface area contributed by atoms with Crippen LogP contribution in [0.15, 0.2) is 45.8 Å². The normalized spacial score (nSPS) is 11.5. The van der Waals surface area contributed by atoms with Crippen LogP contribution in [0.5, 0.6) is 5.75 Å². The summed E-state index contributed by atoms with van der Waals surface area (Å²) in [6.45, 7) is 2.04. The first-order valence-corrected chi connectivity index (χ1v) is 9.86. The minimum atomic E-state index is -3.77. The molecule has 6 nitrogen and oxygen atoms in total. The molecule has 0 aliphatic rings. The zero-order valence-electron chi connectivity index (χ0n) is 14.4. The molecule has 2 aromatic carbocycles. The first kappa shape index (κ1) is 20.3. The van der Waals surface area contributed by atoms with Gasteiger partial charge in [0.2, 0.25) is 10.0 Å². The van der Waals surface area contributed by atoms with Crippen molar-refractivity contribution in [2.75, 3.05) is 26.0 Å². The molecule has 0 unspecified atom stereocenters. The molecule has 0 aliphatic heterocycles. The third-order valence-corrected chi connectivity index (χ3v) is 5.93. The predicted octanol–water partition coefficient (Wildman–Crippen LogP) is 3.49. The quantitative estimate of drug-likeness (QED) is 0.739. The van der Waals surface area contributed by atoms with Crippen molar-refractivity contribution >= 4 is 37.5 Å². The van der Waals surface area contributed by atoms with Crippen molar-refractivity contribution in [1.29, 1.82) is 0 Å². The number of benzene rings is 2. The van der Waals surface area contributed by atoms with Crippen molar-refractivity contribution in [3.63, 3.8) is 0 Å². The highest BCUT2D eigenvalue weighted by Gasteiger charge is 2.23. The Kier molecular flexibility index (Phi) is 6.38. The molecule has 0 spiro atoms. The molecule has 0 fully saturated rings. The number of nitrogens with one attached hydrogen (secondary N) is 1. The molecule has 2 rings (SSSR count). The van der Waals surface area contributed by atoms with Gasteiger partial charge in [0.05, 0.1) is 12.2 Å². The Balaban J connectivity index is 2.40. The van der Waals surface area contributed by atoms with E-state index in [1.54, 1.807) is 6.92 Å². The molecule has 26 heavy (non-hydrogen) atoms. The highest BCUT2D eigenvalue weighted by Crippen LogP contribution is 2.29. The number of sulfonamides is 1. The number of hydrogen-bond donors (Lipinski definition) is 1. The van der Waals surface area contributed by atoms with Crippen molar-refractivity contribution in [2.45, 2.75) is 11.8 Å². The monoisotopic (exact) mass is 444 g/mol. The summed E-state index contributed by atoms with van der Waals surface area (Å²) in [6.07, 6.45) is 0. The van der Waals surface area contributed by atoms with E-state index >= 15 is 0 Å². The molecular weight excluding hydrogens is 427 g/mol. The summed E-state index contributed by atoms with van der Waals surface area (Å²) in [4.78, 5) is 12.3. The first-order chi connectivity index (χ1) is 12.2. The fourth-order valence-electron chi connectivity index (χ4n) is 2.13. The average Bonchev–Trinajstić information content (AvgIpc) is 2.56. The van der Waals surface area contributed by atoms with E-state index in [1.807, 2.05) is 0 Å². The van der Waals surface area contributed by atoms with Crippen LogP contribution >= 0.6 is 15.9 Å². The minimum absolute atomic E-state index is 0.0553. The molecule has 2 aromatic rings. The molecular formula is C17H18BrFN2O4S. The number of hydrogen-bond acceptors (Lipinski definition) is 4. The van der Waals surface area contributed by atoms with Crippen LogP contribution in [0.25, 0.3) is 0 Å². The van der Waals surface area contributed by atoms with E-state index in [9.17, 15) is 17.6 Å². The van der Waals surface area contributed by atoms with Gasteiger partial charge in [-0.15, -0.1) is 0 Å². The van der Waals surface area contributed by atoms with Crippen LogP contribution in [-0.4, -0.2) is 39.3 Å². The van der Waals surface area contributed by atoms with Crippen LogP contribution in [0.4, 0.5) is 10.1 Å². The number of rotatable bonds is 6. The van der Waals surface area contributed by atoms with E-state index in [2.05, 4.69) is 21.2 Å². The lowest BCUT2D eigenvalue weighted by molar-refractivity contribution is 0.102. The minimum Gasteiger partial charge on any atom is -0.492 e. The van der Waals surface area contributed by atoms with Crippen molar-refractivity contribution in [3.05, 3.63) is 52.3 Å². The van der Waals surface area contributed by atoms with Crippen LogP contribution in [0.1, 0.15) is 17.3 Å². The molecule has 0 aliphatic carbocycles. The van der Waals surface area contributed by atoms with Gasteiger partial charge in [0.25, 0.3) is 5.91 Å². The summed E-state index contributed by atoms with van der Waals surface area (Å²) in [5.41, 5.74) is 0.493. The first-order valence-electron chi connectivity index (χ1n) is 7.62. The highest BCUT2D eigenvalue weighted by molar-refractivity contribution is 9.10. The molecule has 0 saturated heterocycles. The maximum atomic E-state index is 13.2. The third kappa shape index (κ3) is 4.40. The fourth-order valence-corrected chi connectivity index (χ4v) is 3.71. The van der Waals surface area contributed by atoms with Gasteiger partial charge in [-0.3, -0.25) is 4.79 Å². The van der Waals surface area contributed by atoms with E-state index < -0.39 is 21.7 Å². The summed E-state index contributed by atoms with van der Waals surface area (Å²) in [7, 11) is -0.951. The van der Waals surface area contributed by atoms with Crippen molar-refractivity contribution < 1.29 is 22.3 Å². The lowest BCUT2D eigenvalue weighted by Gasteiger charge is -2.17. The van der Waals surface area contributed by atoms with Gasteiger partial charge < -0.3 is 10.1 Å². The van der Waals surface area contributed by atoms with E-state index in [-0.39, 0.29) is 21.9 Å². The second kappa shape index (κ2) is 8.15. The third-order valence-electron chi connectivity index (χ3n) is 3.44. The molecule has 9 heteroatoms. The molecule has 0 atom stereocenters. The molecule has 140 valence electrons. The molecule has 0 heterocycles. The zero-order chi connectivity index (χ0) is 19.5.